The maximum Gasteiger partial charge on any atom is 0.337 e. The molecule has 1 N–H and O–H groups in total. The summed E-state index contributed by atoms with van der Waals surface area (Å²) in [4.78, 5) is 24.1. The van der Waals surface area contributed by atoms with Crippen LogP contribution < -0.4 is 10.1 Å². The summed E-state index contributed by atoms with van der Waals surface area (Å²) in [6.07, 6.45) is 1.56. The van der Waals surface area contributed by atoms with Crippen LogP contribution in [0.25, 0.3) is 0 Å². The number of esters is 1. The number of carbonyl (C=O) groups is 2. The van der Waals surface area contributed by atoms with Crippen molar-refractivity contribution in [2.24, 2.45) is 0 Å². The van der Waals surface area contributed by atoms with Gasteiger partial charge in [0, 0.05) is 21.8 Å². The number of hydrogen-bond acceptors (Lipinski definition) is 6. The number of rotatable bonds is 8. The normalized spacial score (nSPS) is 10.7. The van der Waals surface area contributed by atoms with E-state index in [1.54, 1.807) is 54.7 Å². The molecule has 0 atom stereocenters. The largest absolute Gasteiger partial charge is 0.486 e. The minimum atomic E-state index is -0.526. The Morgan fingerprint density at radius 3 is 2.40 bits per heavy atom. The fourth-order valence-electron chi connectivity index (χ4n) is 3.11. The Bertz CT molecular complexity index is 1340. The van der Waals surface area contributed by atoms with E-state index in [-0.39, 0.29) is 29.8 Å². The lowest BCUT2D eigenvalue weighted by molar-refractivity contribution is 0.0600. The molecule has 4 rings (SSSR count). The van der Waals surface area contributed by atoms with Gasteiger partial charge in [0.05, 0.1) is 19.2 Å². The lowest BCUT2D eigenvalue weighted by Gasteiger charge is -2.06. The molecule has 0 radical (unpaired) electrons. The number of nitrogens with zero attached hydrogens (tertiary/aromatic N) is 2. The average molecular weight is 535 g/mol. The first-order chi connectivity index (χ1) is 16.8. The zero-order valence-electron chi connectivity index (χ0n) is 18.3. The first kappa shape index (κ1) is 24.7. The fourth-order valence-corrected chi connectivity index (χ4v) is 3.83. The summed E-state index contributed by atoms with van der Waals surface area (Å²) in [5.74, 6) is 0.217. The van der Waals surface area contributed by atoms with Crippen LogP contribution in [-0.2, 0) is 17.9 Å². The molecule has 4 aromatic rings. The van der Waals surface area contributed by atoms with Crippen LogP contribution in [0.5, 0.6) is 5.75 Å². The molecule has 2 aromatic heterocycles. The standard InChI is InChI=1S/C24H18Cl3N3O5/c1-33-24(32)14-5-7-15(8-6-14)34-13-16-9-10-21(35-16)23(31)28-22-20(27)12-30(29-22)11-17-18(25)3-2-4-19(17)26/h2-10,12H,11,13H2,1H3,(H,28,29,31). The van der Waals surface area contributed by atoms with Crippen molar-refractivity contribution in [3.05, 3.63) is 98.5 Å². The van der Waals surface area contributed by atoms with Gasteiger partial charge in [-0.15, -0.1) is 0 Å². The molecule has 8 nitrogen and oxygen atoms in total. The van der Waals surface area contributed by atoms with Crippen LogP contribution in [0.1, 0.15) is 32.2 Å². The molecule has 0 aliphatic carbocycles. The summed E-state index contributed by atoms with van der Waals surface area (Å²) in [7, 11) is 1.31. The van der Waals surface area contributed by atoms with Crippen molar-refractivity contribution >= 4 is 52.5 Å². The van der Waals surface area contributed by atoms with Crippen molar-refractivity contribution in [2.45, 2.75) is 13.2 Å². The Balaban J connectivity index is 1.36. The van der Waals surface area contributed by atoms with Crippen LogP contribution >= 0.6 is 34.8 Å². The number of carbonyl (C=O) groups excluding carboxylic acids is 2. The number of methoxy groups -OCH3 is 1. The third-order valence-corrected chi connectivity index (χ3v) is 5.86. The molecule has 0 fully saturated rings. The van der Waals surface area contributed by atoms with Gasteiger partial charge >= 0.3 is 5.97 Å². The third kappa shape index (κ3) is 5.97. The van der Waals surface area contributed by atoms with Crippen LogP contribution in [0.3, 0.4) is 0 Å². The first-order valence-electron chi connectivity index (χ1n) is 10.2. The molecule has 0 saturated heterocycles. The smallest absolute Gasteiger partial charge is 0.337 e. The highest BCUT2D eigenvalue weighted by Gasteiger charge is 2.17. The van der Waals surface area contributed by atoms with E-state index in [4.69, 9.17) is 44.0 Å². The second kappa shape index (κ2) is 10.9. The van der Waals surface area contributed by atoms with E-state index in [2.05, 4.69) is 15.2 Å². The van der Waals surface area contributed by atoms with Gasteiger partial charge in [0.1, 0.15) is 23.1 Å². The number of amides is 1. The lowest BCUT2D eigenvalue weighted by atomic mass is 10.2. The van der Waals surface area contributed by atoms with Gasteiger partial charge in [-0.3, -0.25) is 9.48 Å². The number of aromatic nitrogens is 2. The number of anilines is 1. The summed E-state index contributed by atoms with van der Waals surface area (Å²) in [5.41, 5.74) is 1.09. The van der Waals surface area contributed by atoms with Gasteiger partial charge in [-0.25, -0.2) is 4.79 Å². The highest BCUT2D eigenvalue weighted by atomic mass is 35.5. The van der Waals surface area contributed by atoms with Gasteiger partial charge in [-0.05, 0) is 48.5 Å². The fraction of sp³-hybridized carbons (Fsp3) is 0.125. The maximum atomic E-state index is 12.6. The van der Waals surface area contributed by atoms with E-state index in [0.717, 1.165) is 0 Å². The third-order valence-electron chi connectivity index (χ3n) is 4.87. The number of ether oxygens (including phenoxy) is 2. The van der Waals surface area contributed by atoms with Crippen molar-refractivity contribution in [1.29, 1.82) is 0 Å². The number of halogens is 3. The van der Waals surface area contributed by atoms with Gasteiger partial charge in [0.15, 0.2) is 11.6 Å². The predicted octanol–water partition coefficient (Wildman–Crippen LogP) is 6.10. The SMILES string of the molecule is COC(=O)c1ccc(OCc2ccc(C(=O)Nc3nn(Cc4c(Cl)cccc4Cl)cc3Cl)o2)cc1. The topological polar surface area (TPSA) is 95.6 Å². The first-order valence-corrected chi connectivity index (χ1v) is 11.3. The summed E-state index contributed by atoms with van der Waals surface area (Å²) in [5, 5.41) is 8.16. The minimum Gasteiger partial charge on any atom is -0.486 e. The monoisotopic (exact) mass is 533 g/mol. The van der Waals surface area contributed by atoms with Gasteiger partial charge in [0.25, 0.3) is 5.91 Å². The molecule has 35 heavy (non-hydrogen) atoms. The Morgan fingerprint density at radius 1 is 1.00 bits per heavy atom. The predicted molar refractivity (Wildman–Crippen MR) is 132 cm³/mol. The van der Waals surface area contributed by atoms with Gasteiger partial charge < -0.3 is 19.2 Å². The van der Waals surface area contributed by atoms with Crippen LogP contribution in [-0.4, -0.2) is 28.8 Å². The average Bonchev–Trinajstić information content (AvgIpc) is 3.46. The Kier molecular flexibility index (Phi) is 7.65. The maximum absolute atomic E-state index is 12.6. The molecule has 2 aromatic carbocycles. The van der Waals surface area contributed by atoms with E-state index in [1.165, 1.54) is 17.9 Å². The van der Waals surface area contributed by atoms with Crippen LogP contribution in [0.2, 0.25) is 15.1 Å². The van der Waals surface area contributed by atoms with Crippen molar-refractivity contribution in [1.82, 2.24) is 9.78 Å². The lowest BCUT2D eigenvalue weighted by Crippen LogP contribution is -2.12. The van der Waals surface area contributed by atoms with Crippen molar-refractivity contribution < 1.29 is 23.5 Å². The molecule has 11 heteroatoms. The van der Waals surface area contributed by atoms with E-state index < -0.39 is 11.9 Å². The Labute approximate surface area is 215 Å². The summed E-state index contributed by atoms with van der Waals surface area (Å²) >= 11 is 18.7. The van der Waals surface area contributed by atoms with Crippen molar-refractivity contribution in [3.63, 3.8) is 0 Å². The van der Waals surface area contributed by atoms with Crippen molar-refractivity contribution in [3.8, 4) is 5.75 Å². The number of hydrogen-bond donors (Lipinski definition) is 1. The Hall–Kier alpha value is -3.46. The minimum absolute atomic E-state index is 0.0596. The molecule has 0 aliphatic heterocycles. The highest BCUT2D eigenvalue weighted by Crippen LogP contribution is 2.27. The molecule has 180 valence electrons. The number of benzene rings is 2. The van der Waals surface area contributed by atoms with E-state index >= 15 is 0 Å². The van der Waals surface area contributed by atoms with Gasteiger partial charge in [-0.1, -0.05) is 40.9 Å². The second-order valence-electron chi connectivity index (χ2n) is 7.25. The quantitative estimate of drug-likeness (QED) is 0.274. The number of furan rings is 1. The van der Waals surface area contributed by atoms with Crippen LogP contribution in [0.15, 0.2) is 65.2 Å². The molecule has 0 unspecified atom stereocenters. The summed E-state index contributed by atoms with van der Waals surface area (Å²) < 4.78 is 17.4. The molecular formula is C24H18Cl3N3O5. The summed E-state index contributed by atoms with van der Waals surface area (Å²) in [6.45, 7) is 0.357. The molecule has 0 saturated carbocycles. The molecule has 0 spiro atoms. The number of nitrogens with one attached hydrogen (secondary N) is 1. The van der Waals surface area contributed by atoms with E-state index in [0.29, 0.717) is 32.7 Å². The molecule has 0 aliphatic rings. The van der Waals surface area contributed by atoms with E-state index in [9.17, 15) is 9.59 Å². The van der Waals surface area contributed by atoms with Crippen LogP contribution in [0, 0.1) is 0 Å². The highest BCUT2D eigenvalue weighted by molar-refractivity contribution is 6.36. The second-order valence-corrected chi connectivity index (χ2v) is 8.47. The van der Waals surface area contributed by atoms with Gasteiger partial charge in [0.2, 0.25) is 0 Å². The molecule has 0 bridgehead atoms. The van der Waals surface area contributed by atoms with E-state index in [1.807, 2.05) is 0 Å². The molecule has 2 heterocycles. The van der Waals surface area contributed by atoms with Gasteiger partial charge in [-0.2, -0.15) is 5.10 Å². The van der Waals surface area contributed by atoms with Crippen LogP contribution in [0.4, 0.5) is 5.82 Å². The Morgan fingerprint density at radius 2 is 1.71 bits per heavy atom. The van der Waals surface area contributed by atoms with Crippen molar-refractivity contribution in [2.75, 3.05) is 12.4 Å². The molecular weight excluding hydrogens is 517 g/mol. The zero-order chi connectivity index (χ0) is 24.9. The zero-order valence-corrected chi connectivity index (χ0v) is 20.5. The molecule has 1 amide bonds. The summed E-state index contributed by atoms with van der Waals surface area (Å²) in [6, 6.07) is 14.8.